The van der Waals surface area contributed by atoms with Crippen LogP contribution in [0.2, 0.25) is 0 Å². The van der Waals surface area contributed by atoms with Gasteiger partial charge in [0.25, 0.3) is 0 Å². The topological polar surface area (TPSA) is 58.1 Å². The molecule has 3 aromatic rings. The largest absolute Gasteiger partial charge is 0.302 e. The number of nitrogens with one attached hydrogen (secondary N) is 1. The summed E-state index contributed by atoms with van der Waals surface area (Å²) in [6.45, 7) is 5.45. The molecule has 1 amide bonds. The first-order chi connectivity index (χ1) is 14.1. The maximum atomic E-state index is 12.4. The Morgan fingerprint density at radius 3 is 2.83 bits per heavy atom. The summed E-state index contributed by atoms with van der Waals surface area (Å²) in [5.74, 6) is 0.695. The summed E-state index contributed by atoms with van der Waals surface area (Å²) in [5, 5.41) is 8.67. The molecule has 0 aliphatic carbocycles. The number of hydrogen-bond acceptors (Lipinski definition) is 6. The monoisotopic (exact) mass is 426 g/mol. The molecule has 29 heavy (non-hydrogen) atoms. The summed E-state index contributed by atoms with van der Waals surface area (Å²) in [5.41, 5.74) is 3.09. The summed E-state index contributed by atoms with van der Waals surface area (Å²) in [7, 11) is 0. The van der Waals surface area contributed by atoms with Crippen molar-refractivity contribution in [2.24, 2.45) is 5.92 Å². The van der Waals surface area contributed by atoms with Crippen molar-refractivity contribution in [1.29, 1.82) is 0 Å². The molecule has 1 unspecified atom stereocenters. The zero-order valence-electron chi connectivity index (χ0n) is 16.6. The SMILES string of the molecule is CC1CCCN(Cc2csc(NC(=O)Cc3csc(Cc4ccccc4)n3)n2)C1. The van der Waals surface area contributed by atoms with Crippen LogP contribution in [0.5, 0.6) is 0 Å². The molecule has 7 heteroatoms. The van der Waals surface area contributed by atoms with Gasteiger partial charge in [0.2, 0.25) is 5.91 Å². The minimum Gasteiger partial charge on any atom is -0.302 e. The molecule has 0 radical (unpaired) electrons. The third-order valence-electron chi connectivity index (χ3n) is 5.06. The number of rotatable bonds is 7. The quantitative estimate of drug-likeness (QED) is 0.600. The van der Waals surface area contributed by atoms with E-state index in [1.54, 1.807) is 11.3 Å². The zero-order chi connectivity index (χ0) is 20.1. The van der Waals surface area contributed by atoms with Crippen LogP contribution in [0.15, 0.2) is 41.1 Å². The molecule has 3 heterocycles. The Balaban J connectivity index is 1.27. The summed E-state index contributed by atoms with van der Waals surface area (Å²) in [6.07, 6.45) is 3.66. The Morgan fingerprint density at radius 2 is 2.00 bits per heavy atom. The van der Waals surface area contributed by atoms with Crippen molar-refractivity contribution < 1.29 is 4.79 Å². The number of aromatic nitrogens is 2. The van der Waals surface area contributed by atoms with Crippen LogP contribution in [0, 0.1) is 5.92 Å². The third-order valence-corrected chi connectivity index (χ3v) is 6.77. The second-order valence-corrected chi connectivity index (χ2v) is 9.55. The molecule has 0 bridgehead atoms. The van der Waals surface area contributed by atoms with Gasteiger partial charge in [-0.15, -0.1) is 22.7 Å². The van der Waals surface area contributed by atoms with Crippen molar-refractivity contribution in [1.82, 2.24) is 14.9 Å². The van der Waals surface area contributed by atoms with Crippen LogP contribution < -0.4 is 5.32 Å². The average Bonchev–Trinajstić information content (AvgIpc) is 3.32. The normalized spacial score (nSPS) is 17.3. The second-order valence-electron chi connectivity index (χ2n) is 7.75. The Labute approximate surface area is 179 Å². The zero-order valence-corrected chi connectivity index (χ0v) is 18.3. The van der Waals surface area contributed by atoms with Gasteiger partial charge in [0.1, 0.15) is 0 Å². The van der Waals surface area contributed by atoms with Gasteiger partial charge in [-0.25, -0.2) is 9.97 Å². The highest BCUT2D eigenvalue weighted by Gasteiger charge is 2.18. The molecule has 1 atom stereocenters. The van der Waals surface area contributed by atoms with Crippen LogP contribution in [0.25, 0.3) is 0 Å². The van der Waals surface area contributed by atoms with E-state index in [0.29, 0.717) is 5.13 Å². The van der Waals surface area contributed by atoms with E-state index in [9.17, 15) is 4.79 Å². The fraction of sp³-hybridized carbons (Fsp3) is 0.409. The molecular formula is C22H26N4OS2. The number of piperidine rings is 1. The minimum atomic E-state index is -0.0611. The highest BCUT2D eigenvalue weighted by Crippen LogP contribution is 2.21. The van der Waals surface area contributed by atoms with Gasteiger partial charge in [-0.2, -0.15) is 0 Å². The van der Waals surface area contributed by atoms with Gasteiger partial charge in [-0.1, -0.05) is 37.3 Å². The molecule has 1 aromatic carbocycles. The summed E-state index contributed by atoms with van der Waals surface area (Å²) >= 11 is 3.10. The number of carbonyl (C=O) groups is 1. The van der Waals surface area contributed by atoms with Crippen LogP contribution in [0.3, 0.4) is 0 Å². The first-order valence-corrected chi connectivity index (χ1v) is 11.8. The van der Waals surface area contributed by atoms with Gasteiger partial charge in [-0.3, -0.25) is 9.69 Å². The van der Waals surface area contributed by atoms with Crippen molar-refractivity contribution in [2.75, 3.05) is 18.4 Å². The Kier molecular flexibility index (Phi) is 6.69. The van der Waals surface area contributed by atoms with Crippen LogP contribution >= 0.6 is 22.7 Å². The molecule has 1 N–H and O–H groups in total. The van der Waals surface area contributed by atoms with Gasteiger partial charge in [0, 0.05) is 30.3 Å². The van der Waals surface area contributed by atoms with E-state index in [1.807, 2.05) is 23.6 Å². The number of nitrogens with zero attached hydrogens (tertiary/aromatic N) is 3. The van der Waals surface area contributed by atoms with Crippen LogP contribution in [0.4, 0.5) is 5.13 Å². The fourth-order valence-electron chi connectivity index (χ4n) is 3.71. The number of thiazole rings is 2. The smallest absolute Gasteiger partial charge is 0.232 e. The summed E-state index contributed by atoms with van der Waals surface area (Å²) in [6, 6.07) is 10.3. The molecule has 2 aromatic heterocycles. The molecule has 5 nitrogen and oxygen atoms in total. The van der Waals surface area contributed by atoms with Crippen molar-refractivity contribution in [3.05, 3.63) is 63.1 Å². The fourth-order valence-corrected chi connectivity index (χ4v) is 5.25. The maximum absolute atomic E-state index is 12.4. The Bertz CT molecular complexity index is 937. The van der Waals surface area contributed by atoms with E-state index in [4.69, 9.17) is 0 Å². The lowest BCUT2D eigenvalue weighted by Gasteiger charge is -2.30. The first kappa shape index (κ1) is 20.2. The van der Waals surface area contributed by atoms with Gasteiger partial charge in [0.15, 0.2) is 5.13 Å². The number of amides is 1. The highest BCUT2D eigenvalue weighted by molar-refractivity contribution is 7.14. The highest BCUT2D eigenvalue weighted by atomic mass is 32.1. The average molecular weight is 427 g/mol. The van der Waals surface area contributed by atoms with Crippen molar-refractivity contribution in [3.8, 4) is 0 Å². The predicted molar refractivity (Wildman–Crippen MR) is 119 cm³/mol. The molecule has 1 aliphatic heterocycles. The molecule has 1 aliphatic rings. The number of likely N-dealkylation sites (tertiary alicyclic amines) is 1. The van der Waals surface area contributed by atoms with E-state index in [2.05, 4.69) is 44.6 Å². The molecule has 0 spiro atoms. The lowest BCUT2D eigenvalue weighted by atomic mass is 10.0. The van der Waals surface area contributed by atoms with E-state index < -0.39 is 0 Å². The third kappa shape index (κ3) is 5.95. The molecule has 1 fully saturated rings. The lowest BCUT2D eigenvalue weighted by Crippen LogP contribution is -2.33. The summed E-state index contributed by atoms with van der Waals surface area (Å²) in [4.78, 5) is 24.1. The van der Waals surface area contributed by atoms with E-state index in [0.717, 1.165) is 48.4 Å². The van der Waals surface area contributed by atoms with Crippen LogP contribution in [0.1, 0.15) is 41.7 Å². The molecular weight excluding hydrogens is 400 g/mol. The van der Waals surface area contributed by atoms with E-state index >= 15 is 0 Å². The molecule has 1 saturated heterocycles. The van der Waals surface area contributed by atoms with E-state index in [-0.39, 0.29) is 12.3 Å². The van der Waals surface area contributed by atoms with Gasteiger partial charge >= 0.3 is 0 Å². The number of anilines is 1. The number of carbonyl (C=O) groups excluding carboxylic acids is 1. The van der Waals surface area contributed by atoms with Crippen molar-refractivity contribution in [2.45, 2.75) is 39.2 Å². The Hall–Kier alpha value is -2.09. The van der Waals surface area contributed by atoms with Crippen molar-refractivity contribution in [3.63, 3.8) is 0 Å². The Morgan fingerprint density at radius 1 is 1.17 bits per heavy atom. The molecule has 4 rings (SSSR count). The van der Waals surface area contributed by atoms with Gasteiger partial charge in [-0.05, 0) is 30.9 Å². The summed E-state index contributed by atoms with van der Waals surface area (Å²) < 4.78 is 0. The van der Waals surface area contributed by atoms with Gasteiger partial charge < -0.3 is 5.32 Å². The first-order valence-electron chi connectivity index (χ1n) is 10.1. The lowest BCUT2D eigenvalue weighted by molar-refractivity contribution is -0.115. The standard InChI is InChI=1S/C22H26N4OS2/c1-16-6-5-9-26(12-16)13-19-15-29-22(24-19)25-20(27)11-18-14-28-21(23-18)10-17-7-3-2-4-8-17/h2-4,7-8,14-16H,5-6,9-13H2,1H3,(H,24,25,27). The number of benzene rings is 1. The second kappa shape index (κ2) is 9.61. The molecule has 0 saturated carbocycles. The predicted octanol–water partition coefficient (Wildman–Crippen LogP) is 4.60. The number of hydrogen-bond donors (Lipinski definition) is 1. The molecule has 152 valence electrons. The van der Waals surface area contributed by atoms with Gasteiger partial charge in [0.05, 0.1) is 22.8 Å². The van der Waals surface area contributed by atoms with Crippen molar-refractivity contribution >= 4 is 33.7 Å². The van der Waals surface area contributed by atoms with E-state index in [1.165, 1.54) is 29.7 Å². The maximum Gasteiger partial charge on any atom is 0.232 e. The van der Waals surface area contributed by atoms with Crippen LogP contribution in [-0.4, -0.2) is 33.9 Å². The minimum absolute atomic E-state index is 0.0611. The van der Waals surface area contributed by atoms with Crippen LogP contribution in [-0.2, 0) is 24.2 Å².